The molecule has 39 heavy (non-hydrogen) atoms. The summed E-state index contributed by atoms with van der Waals surface area (Å²) < 4.78 is 48.3. The Morgan fingerprint density at radius 1 is 1.13 bits per heavy atom. The maximum atomic E-state index is 14.5. The van der Waals surface area contributed by atoms with Gasteiger partial charge in [-0.2, -0.15) is 8.42 Å². The summed E-state index contributed by atoms with van der Waals surface area (Å²) >= 11 is 0. The number of benzene rings is 1. The number of piperidine rings is 1. The minimum absolute atomic E-state index is 0. The lowest BCUT2D eigenvalue weighted by Gasteiger charge is -2.37. The fourth-order valence-electron chi connectivity index (χ4n) is 5.31. The zero-order valence-corrected chi connectivity index (χ0v) is 22.7. The van der Waals surface area contributed by atoms with E-state index in [0.717, 1.165) is 32.1 Å². The van der Waals surface area contributed by atoms with Crippen LogP contribution in [-0.2, 0) is 10.0 Å². The third-order valence-corrected chi connectivity index (χ3v) is 8.29. The molecule has 5 rings (SSSR count). The molecule has 3 N–H and O–H groups in total. The summed E-state index contributed by atoms with van der Waals surface area (Å²) in [7, 11) is -4.28. The van der Waals surface area contributed by atoms with Crippen molar-refractivity contribution in [3.05, 3.63) is 59.9 Å². The van der Waals surface area contributed by atoms with E-state index in [1.807, 2.05) is 13.8 Å². The number of hydrogen-bond acceptors (Lipinski definition) is 8. The van der Waals surface area contributed by atoms with Gasteiger partial charge in [0.1, 0.15) is 23.2 Å². The first-order chi connectivity index (χ1) is 18.6. The molecular weight excluding hydrogens is 521 g/mol. The van der Waals surface area contributed by atoms with E-state index < -0.39 is 21.7 Å². The predicted octanol–water partition coefficient (Wildman–Crippen LogP) is 5.28. The highest BCUT2D eigenvalue weighted by molar-refractivity contribution is 7.90. The average molecular weight is 560 g/mol. The fraction of sp³-hybridized carbons (Fsp3) is 0.393. The summed E-state index contributed by atoms with van der Waals surface area (Å²) in [5.74, 6) is -0.209. The highest BCUT2D eigenvalue weighted by Gasteiger charge is 2.39. The van der Waals surface area contributed by atoms with Gasteiger partial charge >= 0.3 is 0 Å². The number of pyridine rings is 2. The maximum absolute atomic E-state index is 14.5. The second kappa shape index (κ2) is 10.8. The van der Waals surface area contributed by atoms with Crippen LogP contribution in [0.5, 0.6) is 5.75 Å². The largest absolute Gasteiger partial charge is 0.493 e. The lowest BCUT2D eigenvalue weighted by atomic mass is 10.0. The number of amides is 1. The molecule has 1 amide bonds. The molecule has 2 aromatic heterocycles. The second-order valence-electron chi connectivity index (χ2n) is 10.5. The Morgan fingerprint density at radius 2 is 1.87 bits per heavy atom. The molecule has 2 saturated heterocycles. The Morgan fingerprint density at radius 3 is 2.56 bits per heavy atom. The lowest BCUT2D eigenvalue weighted by molar-refractivity contribution is 0.0981. The number of aromatic nitrogens is 2. The number of nitrogen functional groups attached to an aromatic ring is 1. The third kappa shape index (κ3) is 5.83. The predicted molar refractivity (Wildman–Crippen MR) is 153 cm³/mol. The summed E-state index contributed by atoms with van der Waals surface area (Å²) in [6, 6.07) is 12.1. The van der Waals surface area contributed by atoms with E-state index in [2.05, 4.69) is 14.6 Å². The van der Waals surface area contributed by atoms with Gasteiger partial charge in [-0.1, -0.05) is 19.9 Å². The van der Waals surface area contributed by atoms with Gasteiger partial charge in [0.15, 0.2) is 5.03 Å². The number of rotatable bonds is 8. The van der Waals surface area contributed by atoms with Crippen molar-refractivity contribution in [2.75, 3.05) is 17.2 Å². The summed E-state index contributed by atoms with van der Waals surface area (Å²) in [5.41, 5.74) is 6.73. The highest BCUT2D eigenvalue weighted by Crippen LogP contribution is 2.40. The molecule has 9 nitrogen and oxygen atoms in total. The van der Waals surface area contributed by atoms with Crippen molar-refractivity contribution < 1.29 is 26.6 Å². The first-order valence-corrected chi connectivity index (χ1v) is 14.6. The van der Waals surface area contributed by atoms with Gasteiger partial charge in [-0.3, -0.25) is 4.79 Å². The molecule has 2 fully saturated rings. The third-order valence-electron chi connectivity index (χ3n) is 7.06. The number of anilines is 2. The second-order valence-corrected chi connectivity index (χ2v) is 12.1. The molecule has 11 heteroatoms. The van der Waals surface area contributed by atoms with E-state index in [1.165, 1.54) is 30.3 Å². The van der Waals surface area contributed by atoms with Crippen LogP contribution >= 0.6 is 0 Å². The minimum Gasteiger partial charge on any atom is -0.493 e. The van der Waals surface area contributed by atoms with Crippen molar-refractivity contribution in [3.63, 3.8) is 0 Å². The zero-order chi connectivity index (χ0) is 27.7. The van der Waals surface area contributed by atoms with Gasteiger partial charge in [0.25, 0.3) is 15.9 Å². The van der Waals surface area contributed by atoms with Gasteiger partial charge in [-0.05, 0) is 74.4 Å². The van der Waals surface area contributed by atoms with Crippen molar-refractivity contribution in [2.45, 2.75) is 63.1 Å². The summed E-state index contributed by atoms with van der Waals surface area (Å²) in [6.07, 6.45) is 4.94. The number of nitrogens with two attached hydrogens (primary N) is 1. The smallest absolute Gasteiger partial charge is 0.281 e. The Hall–Kier alpha value is -3.73. The molecule has 2 atom stereocenters. The van der Waals surface area contributed by atoms with Crippen molar-refractivity contribution >= 4 is 27.6 Å². The monoisotopic (exact) mass is 559 g/mol. The van der Waals surface area contributed by atoms with Crippen LogP contribution in [0.4, 0.5) is 16.0 Å². The number of nitrogens with zero attached hydrogens (tertiary/aromatic N) is 3. The van der Waals surface area contributed by atoms with E-state index in [4.69, 9.17) is 15.5 Å². The molecule has 2 aliphatic heterocycles. The highest BCUT2D eigenvalue weighted by atomic mass is 32.2. The summed E-state index contributed by atoms with van der Waals surface area (Å²) in [4.78, 5) is 24.2. The number of fused-ring (bicyclic) bond motifs is 2. The average Bonchev–Trinajstić information content (AvgIpc) is 3.14. The Labute approximate surface area is 232 Å². The zero-order valence-electron chi connectivity index (χ0n) is 21.9. The van der Waals surface area contributed by atoms with Crippen LogP contribution in [-0.4, -0.2) is 43.0 Å². The number of ether oxygens (including phenoxy) is 1. The molecular formula is C28H38FN5O4S. The summed E-state index contributed by atoms with van der Waals surface area (Å²) in [5, 5.41) is -0.353. The van der Waals surface area contributed by atoms with E-state index >= 15 is 0 Å². The number of carbonyl (C=O) groups is 1. The van der Waals surface area contributed by atoms with E-state index in [0.29, 0.717) is 29.4 Å². The van der Waals surface area contributed by atoms with Gasteiger partial charge in [0.05, 0.1) is 17.9 Å². The van der Waals surface area contributed by atoms with Crippen LogP contribution in [0, 0.1) is 11.7 Å². The SMILES string of the molecule is CC(C)COc1cc(F)cc(-c2ccc(C(=O)NS(=O)(=O)c3cccc(N)n3)c(N3C4CCC[C@H]3CC4)n2)c1.[HH].[HH].[HH]. The normalized spacial score (nSPS) is 18.8. The Balaban J connectivity index is 0.00000205. The van der Waals surface area contributed by atoms with Gasteiger partial charge in [0, 0.05) is 28.0 Å². The van der Waals surface area contributed by atoms with Gasteiger partial charge in [-0.15, -0.1) is 0 Å². The van der Waals surface area contributed by atoms with E-state index in [1.54, 1.807) is 18.2 Å². The van der Waals surface area contributed by atoms with Crippen molar-refractivity contribution in [1.82, 2.24) is 14.7 Å². The van der Waals surface area contributed by atoms with Crippen LogP contribution in [0.15, 0.2) is 53.6 Å². The molecule has 1 aromatic carbocycles. The topological polar surface area (TPSA) is 128 Å². The molecule has 4 heterocycles. The lowest BCUT2D eigenvalue weighted by Crippen LogP contribution is -2.42. The molecule has 0 spiro atoms. The van der Waals surface area contributed by atoms with Gasteiger partial charge < -0.3 is 15.4 Å². The number of carbonyl (C=O) groups excluding carboxylic acids is 1. The van der Waals surface area contributed by atoms with Crippen LogP contribution in [0.1, 0.15) is 60.6 Å². The van der Waals surface area contributed by atoms with Crippen molar-refractivity contribution in [3.8, 4) is 17.0 Å². The first kappa shape index (κ1) is 26.9. The fourth-order valence-corrected chi connectivity index (χ4v) is 6.25. The molecule has 1 unspecified atom stereocenters. The maximum Gasteiger partial charge on any atom is 0.281 e. The summed E-state index contributed by atoms with van der Waals surface area (Å²) in [6.45, 7) is 4.45. The molecule has 2 aliphatic rings. The van der Waals surface area contributed by atoms with E-state index in [-0.39, 0.29) is 38.7 Å². The van der Waals surface area contributed by atoms with Crippen LogP contribution in [0.2, 0.25) is 0 Å². The molecule has 0 saturated carbocycles. The Kier molecular flexibility index (Phi) is 7.44. The van der Waals surface area contributed by atoms with Crippen LogP contribution in [0.3, 0.4) is 0 Å². The number of nitrogens with one attached hydrogen (secondary N) is 1. The molecule has 0 radical (unpaired) electrons. The quantitative estimate of drug-likeness (QED) is 0.382. The molecule has 212 valence electrons. The molecule has 2 bridgehead atoms. The standard InChI is InChI=1S/C28H32FN5O4S.3H2/c1-17(2)16-38-22-14-18(13-19(29)15-22)24-12-11-23(27(31-24)34-20-5-3-6-21(34)10-9-20)28(35)33-39(36,37)26-8-4-7-25(30)32-26;;;/h4,7-8,11-15,17,20-21H,3,5-6,9-10,16H2,1-2H3,(H2,30,32)(H,33,35);3*1H/t20-,21?;;;/m0.../s1. The number of sulfonamides is 1. The molecule has 0 aliphatic carbocycles. The van der Waals surface area contributed by atoms with E-state index in [9.17, 15) is 17.6 Å². The van der Waals surface area contributed by atoms with Gasteiger partial charge in [-0.25, -0.2) is 19.1 Å². The Bertz CT molecular complexity index is 1500. The van der Waals surface area contributed by atoms with Crippen LogP contribution in [0.25, 0.3) is 11.3 Å². The van der Waals surface area contributed by atoms with Gasteiger partial charge in [0.2, 0.25) is 0 Å². The van der Waals surface area contributed by atoms with Crippen molar-refractivity contribution in [2.24, 2.45) is 5.92 Å². The minimum atomic E-state index is -4.28. The molecule has 3 aromatic rings. The first-order valence-electron chi connectivity index (χ1n) is 13.1. The number of hydrogen-bond donors (Lipinski definition) is 2. The van der Waals surface area contributed by atoms with Crippen molar-refractivity contribution in [1.29, 1.82) is 0 Å². The number of halogens is 1. The van der Waals surface area contributed by atoms with Crippen LogP contribution < -0.4 is 20.1 Å².